The molecule has 11 heteroatoms. The molecular weight excluding hydrogens is 400 g/mol. The minimum atomic E-state index is -6.04. The van der Waals surface area contributed by atoms with Gasteiger partial charge >= 0.3 is 12.1 Å². The zero-order chi connectivity index (χ0) is 21.1. The molecule has 3 nitrogen and oxygen atoms in total. The van der Waals surface area contributed by atoms with E-state index in [-0.39, 0.29) is 12.0 Å². The first-order valence-electron chi connectivity index (χ1n) is 8.28. The summed E-state index contributed by atoms with van der Waals surface area (Å²) in [4.78, 5) is 0.998. The van der Waals surface area contributed by atoms with Crippen LogP contribution in [0.25, 0.3) is 0 Å². The Kier molecular flexibility index (Phi) is 4.77. The molecule has 28 heavy (non-hydrogen) atoms. The summed E-state index contributed by atoms with van der Waals surface area (Å²) in [5.74, 6) is -12.3. The third kappa shape index (κ3) is 3.07. The maximum absolute atomic E-state index is 14.1. The summed E-state index contributed by atoms with van der Waals surface area (Å²) in [5.41, 5.74) is -1.99. The molecule has 3 aliphatic rings. The van der Waals surface area contributed by atoms with Crippen LogP contribution in [0, 0.1) is 17.2 Å². The zero-order valence-corrected chi connectivity index (χ0v) is 14.0. The second-order valence-electron chi connectivity index (χ2n) is 7.01. The quantitative estimate of drug-likeness (QED) is 0.688. The summed E-state index contributed by atoms with van der Waals surface area (Å²) in [6.45, 7) is 0. The number of hydrogen-bond acceptors (Lipinski definition) is 3. The second kappa shape index (κ2) is 6.47. The lowest BCUT2D eigenvalue weighted by Gasteiger charge is -2.43. The van der Waals surface area contributed by atoms with E-state index in [1.165, 1.54) is 0 Å². The van der Waals surface area contributed by atoms with E-state index in [4.69, 9.17) is 5.26 Å². The lowest BCUT2D eigenvalue weighted by Crippen LogP contribution is -2.55. The summed E-state index contributed by atoms with van der Waals surface area (Å²) in [7, 11) is 0. The summed E-state index contributed by atoms with van der Waals surface area (Å²) in [6, 6.07) is -0.679. The molecule has 0 aromatic rings. The zero-order valence-electron chi connectivity index (χ0n) is 14.0. The number of allylic oxidation sites excluding steroid dienone is 2. The molecule has 4 atom stereocenters. The van der Waals surface area contributed by atoms with Gasteiger partial charge in [0.1, 0.15) is 11.9 Å². The van der Waals surface area contributed by atoms with E-state index in [0.29, 0.717) is 6.20 Å². The molecule has 3 rings (SSSR count). The molecule has 2 aliphatic carbocycles. The van der Waals surface area contributed by atoms with Gasteiger partial charge in [-0.2, -0.15) is 27.2 Å². The Hall–Kier alpha value is -2.09. The van der Waals surface area contributed by atoms with E-state index in [1.54, 1.807) is 6.07 Å². The predicted molar refractivity (Wildman–Crippen MR) is 79.7 cm³/mol. The van der Waals surface area contributed by atoms with E-state index in [0.717, 1.165) is 17.1 Å². The van der Waals surface area contributed by atoms with Gasteiger partial charge in [-0.1, -0.05) is 6.08 Å². The van der Waals surface area contributed by atoms with Gasteiger partial charge in [0.25, 0.3) is 5.92 Å². The van der Waals surface area contributed by atoms with Crippen molar-refractivity contribution in [2.75, 3.05) is 0 Å². The van der Waals surface area contributed by atoms with Gasteiger partial charge in [0.2, 0.25) is 0 Å². The smallest absolute Gasteiger partial charge is 0.386 e. The Morgan fingerprint density at radius 1 is 1.21 bits per heavy atom. The highest BCUT2D eigenvalue weighted by atomic mass is 19.4. The molecule has 0 radical (unpaired) electrons. The fraction of sp³-hybridized carbons (Fsp3) is 0.588. The van der Waals surface area contributed by atoms with Crippen LogP contribution in [0.2, 0.25) is 0 Å². The van der Waals surface area contributed by atoms with E-state index in [2.05, 4.69) is 0 Å². The Morgan fingerprint density at radius 2 is 1.86 bits per heavy atom. The number of nitrogens with zero attached hydrogens (tertiary/aromatic N) is 2. The molecule has 4 unspecified atom stereocenters. The highest BCUT2D eigenvalue weighted by Crippen LogP contribution is 2.54. The largest absolute Gasteiger partial charge is 0.457 e. The van der Waals surface area contributed by atoms with Crippen LogP contribution in [0.3, 0.4) is 0 Å². The molecule has 1 saturated carbocycles. The maximum atomic E-state index is 14.1. The molecule has 154 valence electrons. The maximum Gasteiger partial charge on any atom is 0.457 e. The van der Waals surface area contributed by atoms with Crippen molar-refractivity contribution < 1.29 is 40.2 Å². The van der Waals surface area contributed by atoms with Crippen molar-refractivity contribution in [3.63, 3.8) is 0 Å². The summed E-state index contributed by atoms with van der Waals surface area (Å²) >= 11 is 0. The Bertz CT molecular complexity index is 792. The highest BCUT2D eigenvalue weighted by molar-refractivity contribution is 5.38. The molecular formula is C17H14F8N2O. The van der Waals surface area contributed by atoms with Crippen molar-refractivity contribution in [2.45, 2.75) is 55.5 Å². The Morgan fingerprint density at radius 3 is 2.43 bits per heavy atom. The molecule has 1 N–H and O–H groups in total. The first-order chi connectivity index (χ1) is 12.8. The number of alkyl halides is 7. The average molecular weight is 414 g/mol. The summed E-state index contributed by atoms with van der Waals surface area (Å²) in [5, 5.41) is 18.8. The molecule has 0 amide bonds. The number of fused-ring (bicyclic) bond motifs is 1. The molecule has 0 bridgehead atoms. The van der Waals surface area contributed by atoms with Crippen LogP contribution in [0.5, 0.6) is 0 Å². The first kappa shape index (κ1) is 20.6. The van der Waals surface area contributed by atoms with Crippen molar-refractivity contribution >= 4 is 0 Å². The number of halogens is 8. The van der Waals surface area contributed by atoms with Gasteiger partial charge in [0.05, 0.1) is 17.7 Å². The van der Waals surface area contributed by atoms with Crippen molar-refractivity contribution in [2.24, 2.45) is 5.92 Å². The van der Waals surface area contributed by atoms with E-state index < -0.39 is 66.4 Å². The Labute approximate surface area is 154 Å². The van der Waals surface area contributed by atoms with Crippen molar-refractivity contribution in [3.8, 4) is 6.07 Å². The normalized spacial score (nSPS) is 32.9. The first-order valence-corrected chi connectivity index (χ1v) is 8.28. The van der Waals surface area contributed by atoms with Gasteiger partial charge < -0.3 is 10.0 Å². The summed E-state index contributed by atoms with van der Waals surface area (Å²) < 4.78 is 108. The van der Waals surface area contributed by atoms with Gasteiger partial charge in [-0.05, 0) is 12.5 Å². The van der Waals surface area contributed by atoms with Gasteiger partial charge in [0.15, 0.2) is 0 Å². The number of hydrogen-bond donors (Lipinski definition) is 1. The fourth-order valence-corrected chi connectivity index (χ4v) is 3.97. The van der Waals surface area contributed by atoms with E-state index in [9.17, 15) is 40.2 Å². The lowest BCUT2D eigenvalue weighted by molar-refractivity contribution is -0.270. The van der Waals surface area contributed by atoms with Crippen LogP contribution in [0.1, 0.15) is 19.3 Å². The lowest BCUT2D eigenvalue weighted by atomic mass is 9.75. The molecule has 0 aromatic carbocycles. The molecule has 0 saturated heterocycles. The van der Waals surface area contributed by atoms with Crippen molar-refractivity contribution in [3.05, 3.63) is 35.3 Å². The van der Waals surface area contributed by atoms with Gasteiger partial charge in [0, 0.05) is 36.6 Å². The van der Waals surface area contributed by atoms with E-state index in [1.807, 2.05) is 0 Å². The molecule has 1 aliphatic heterocycles. The van der Waals surface area contributed by atoms with Gasteiger partial charge in [-0.15, -0.1) is 0 Å². The van der Waals surface area contributed by atoms with Crippen LogP contribution >= 0.6 is 0 Å². The number of rotatable bonds is 2. The molecule has 1 heterocycles. The Balaban J connectivity index is 2.04. The van der Waals surface area contributed by atoms with Crippen molar-refractivity contribution in [1.29, 1.82) is 5.26 Å². The monoisotopic (exact) mass is 414 g/mol. The van der Waals surface area contributed by atoms with Crippen molar-refractivity contribution in [1.82, 2.24) is 4.90 Å². The van der Waals surface area contributed by atoms with Gasteiger partial charge in [-0.25, -0.2) is 13.2 Å². The fourth-order valence-electron chi connectivity index (χ4n) is 3.97. The van der Waals surface area contributed by atoms with Crippen LogP contribution in [-0.4, -0.2) is 46.2 Å². The van der Waals surface area contributed by atoms with Crippen LogP contribution < -0.4 is 0 Å². The number of aliphatic hydroxyl groups is 1. The minimum Gasteiger partial charge on any atom is -0.386 e. The second-order valence-corrected chi connectivity index (χ2v) is 7.01. The SMILES string of the molecule is N#CC1=C(F)C=CC(N2C=C(C(F)(F)C(F)(F)F)C3C2CCC(F)(F)C3O)C1. The molecule has 0 spiro atoms. The van der Waals surface area contributed by atoms with Crippen LogP contribution in [0.15, 0.2) is 35.3 Å². The standard InChI is InChI=1S/C17H14F8N2O/c18-11-2-1-9(5-8(11)6-26)27-7-10(16(21,22)17(23,24)25)13-12(27)3-4-15(19,20)14(13)28/h1-2,7,9,12-14,28H,3-5H2. The third-order valence-electron chi connectivity index (χ3n) is 5.39. The summed E-state index contributed by atoms with van der Waals surface area (Å²) in [6.07, 6.45) is -7.99. The third-order valence-corrected chi connectivity index (χ3v) is 5.39. The molecule has 0 aromatic heterocycles. The topological polar surface area (TPSA) is 47.3 Å². The predicted octanol–water partition coefficient (Wildman–Crippen LogP) is 4.23. The number of aliphatic hydroxyl groups excluding tert-OH is 1. The van der Waals surface area contributed by atoms with Crippen LogP contribution in [-0.2, 0) is 0 Å². The minimum absolute atomic E-state index is 0.324. The van der Waals surface area contributed by atoms with E-state index >= 15 is 0 Å². The average Bonchev–Trinajstić information content (AvgIpc) is 2.98. The van der Waals surface area contributed by atoms with Gasteiger partial charge in [-0.3, -0.25) is 0 Å². The van der Waals surface area contributed by atoms with Crippen LogP contribution in [0.4, 0.5) is 35.1 Å². The number of nitriles is 1. The highest BCUT2D eigenvalue weighted by Gasteiger charge is 2.67. The molecule has 1 fully saturated rings.